The molecule has 0 aromatic heterocycles. The van der Waals surface area contributed by atoms with Gasteiger partial charge in [0, 0.05) is 18.5 Å². The number of hydrogen-bond donors (Lipinski definition) is 1. The maximum atomic E-state index is 12.3. The van der Waals surface area contributed by atoms with Crippen molar-refractivity contribution in [3.63, 3.8) is 0 Å². The highest BCUT2D eigenvalue weighted by Crippen LogP contribution is 2.41. The SMILES string of the molecule is Nc1cccc(C(=O)OC2CCOC3(CCCC3)C2)c1Br. The molecule has 1 aliphatic heterocycles. The van der Waals surface area contributed by atoms with Gasteiger partial charge in [-0.3, -0.25) is 0 Å². The molecule has 1 aromatic rings. The highest BCUT2D eigenvalue weighted by Gasteiger charge is 2.41. The Kier molecular flexibility index (Phi) is 4.22. The summed E-state index contributed by atoms with van der Waals surface area (Å²) in [6.07, 6.45) is 6.12. The van der Waals surface area contributed by atoms with E-state index in [2.05, 4.69) is 15.9 Å². The van der Waals surface area contributed by atoms with E-state index in [-0.39, 0.29) is 17.7 Å². The maximum absolute atomic E-state index is 12.3. The molecule has 2 aliphatic rings. The van der Waals surface area contributed by atoms with Gasteiger partial charge in [-0.05, 0) is 40.9 Å². The Morgan fingerprint density at radius 1 is 1.38 bits per heavy atom. The molecule has 4 nitrogen and oxygen atoms in total. The number of halogens is 1. The van der Waals surface area contributed by atoms with Crippen LogP contribution < -0.4 is 5.73 Å². The zero-order chi connectivity index (χ0) is 14.9. The molecule has 1 aliphatic carbocycles. The third-order valence-corrected chi connectivity index (χ3v) is 5.37. The second-order valence-electron chi connectivity index (χ2n) is 5.97. The average molecular weight is 354 g/mol. The molecule has 1 aromatic carbocycles. The summed E-state index contributed by atoms with van der Waals surface area (Å²) >= 11 is 3.35. The van der Waals surface area contributed by atoms with E-state index in [1.165, 1.54) is 12.8 Å². The number of benzene rings is 1. The van der Waals surface area contributed by atoms with Gasteiger partial charge in [0.2, 0.25) is 0 Å². The van der Waals surface area contributed by atoms with Crippen LogP contribution in [0.2, 0.25) is 0 Å². The number of ether oxygens (including phenoxy) is 2. The number of carbonyl (C=O) groups excluding carboxylic acids is 1. The van der Waals surface area contributed by atoms with Crippen molar-refractivity contribution in [2.24, 2.45) is 0 Å². The van der Waals surface area contributed by atoms with Crippen molar-refractivity contribution < 1.29 is 14.3 Å². The summed E-state index contributed by atoms with van der Waals surface area (Å²) in [5, 5.41) is 0. The van der Waals surface area contributed by atoms with E-state index < -0.39 is 0 Å². The van der Waals surface area contributed by atoms with Gasteiger partial charge in [-0.15, -0.1) is 0 Å². The molecule has 0 bridgehead atoms. The average Bonchev–Trinajstić information content (AvgIpc) is 2.89. The van der Waals surface area contributed by atoms with Crippen molar-refractivity contribution in [1.29, 1.82) is 0 Å². The van der Waals surface area contributed by atoms with Gasteiger partial charge in [-0.2, -0.15) is 0 Å². The number of rotatable bonds is 2. The van der Waals surface area contributed by atoms with Crippen LogP contribution in [0.15, 0.2) is 22.7 Å². The summed E-state index contributed by atoms with van der Waals surface area (Å²) in [6.45, 7) is 0.677. The van der Waals surface area contributed by atoms with Crippen molar-refractivity contribution in [1.82, 2.24) is 0 Å². The first-order valence-electron chi connectivity index (χ1n) is 7.49. The zero-order valence-corrected chi connectivity index (χ0v) is 13.5. The number of nitrogens with two attached hydrogens (primary N) is 1. The minimum Gasteiger partial charge on any atom is -0.459 e. The Bertz CT molecular complexity index is 540. The molecule has 1 heterocycles. The summed E-state index contributed by atoms with van der Waals surface area (Å²) in [4.78, 5) is 12.3. The molecule has 114 valence electrons. The van der Waals surface area contributed by atoms with Gasteiger partial charge >= 0.3 is 5.97 Å². The lowest BCUT2D eigenvalue weighted by molar-refractivity contribution is -0.117. The Balaban J connectivity index is 1.68. The number of nitrogen functional groups attached to an aromatic ring is 1. The number of hydrogen-bond acceptors (Lipinski definition) is 4. The lowest BCUT2D eigenvalue weighted by Crippen LogP contribution is -2.41. The molecule has 1 spiro atoms. The fraction of sp³-hybridized carbons (Fsp3) is 0.562. The fourth-order valence-corrected chi connectivity index (χ4v) is 3.80. The molecule has 0 amide bonds. The molecule has 1 saturated carbocycles. The predicted molar refractivity (Wildman–Crippen MR) is 84.1 cm³/mol. The topological polar surface area (TPSA) is 61.6 Å². The summed E-state index contributed by atoms with van der Waals surface area (Å²) in [6, 6.07) is 5.25. The smallest absolute Gasteiger partial charge is 0.339 e. The maximum Gasteiger partial charge on any atom is 0.339 e. The van der Waals surface area contributed by atoms with Crippen LogP contribution in [0.5, 0.6) is 0 Å². The van der Waals surface area contributed by atoms with Gasteiger partial charge in [0.15, 0.2) is 0 Å². The lowest BCUT2D eigenvalue weighted by Gasteiger charge is -2.37. The van der Waals surface area contributed by atoms with Crippen molar-refractivity contribution in [2.75, 3.05) is 12.3 Å². The summed E-state index contributed by atoms with van der Waals surface area (Å²) in [5.41, 5.74) is 6.80. The summed E-state index contributed by atoms with van der Waals surface area (Å²) in [5.74, 6) is -0.311. The van der Waals surface area contributed by atoms with Crippen molar-refractivity contribution in [3.8, 4) is 0 Å². The van der Waals surface area contributed by atoms with Crippen molar-refractivity contribution in [3.05, 3.63) is 28.2 Å². The predicted octanol–water partition coefficient (Wildman–Crippen LogP) is 3.68. The van der Waals surface area contributed by atoms with E-state index in [4.69, 9.17) is 15.2 Å². The Morgan fingerprint density at radius 3 is 2.90 bits per heavy atom. The number of anilines is 1. The van der Waals surface area contributed by atoms with Gasteiger partial charge < -0.3 is 15.2 Å². The molecule has 1 saturated heterocycles. The number of esters is 1. The van der Waals surface area contributed by atoms with E-state index in [1.807, 2.05) is 0 Å². The Labute approximate surface area is 133 Å². The van der Waals surface area contributed by atoms with E-state index >= 15 is 0 Å². The van der Waals surface area contributed by atoms with Crippen LogP contribution in [0, 0.1) is 0 Å². The minimum absolute atomic E-state index is 0.0455. The van der Waals surface area contributed by atoms with Gasteiger partial charge in [0.25, 0.3) is 0 Å². The van der Waals surface area contributed by atoms with Crippen LogP contribution in [0.25, 0.3) is 0 Å². The van der Waals surface area contributed by atoms with Crippen LogP contribution >= 0.6 is 15.9 Å². The van der Waals surface area contributed by atoms with Crippen LogP contribution in [0.1, 0.15) is 48.9 Å². The standard InChI is InChI=1S/C16H20BrNO3/c17-14-12(4-3-5-13(14)18)15(19)21-11-6-9-20-16(10-11)7-1-2-8-16/h3-5,11H,1-2,6-10,18H2. The minimum atomic E-state index is -0.311. The molecule has 3 rings (SSSR count). The second-order valence-corrected chi connectivity index (χ2v) is 6.76. The Hall–Kier alpha value is -1.07. The van der Waals surface area contributed by atoms with Gasteiger partial charge in [-0.1, -0.05) is 18.9 Å². The lowest BCUT2D eigenvalue weighted by atomic mass is 9.90. The van der Waals surface area contributed by atoms with Crippen molar-refractivity contribution >= 4 is 27.6 Å². The molecule has 21 heavy (non-hydrogen) atoms. The van der Waals surface area contributed by atoms with E-state index in [1.54, 1.807) is 18.2 Å². The summed E-state index contributed by atoms with van der Waals surface area (Å²) in [7, 11) is 0. The molecule has 2 N–H and O–H groups in total. The van der Waals surface area contributed by atoms with Gasteiger partial charge in [0.05, 0.1) is 22.2 Å². The van der Waals surface area contributed by atoms with Crippen LogP contribution in [0.3, 0.4) is 0 Å². The monoisotopic (exact) mass is 353 g/mol. The van der Waals surface area contributed by atoms with Crippen LogP contribution in [0.4, 0.5) is 5.69 Å². The molecule has 2 fully saturated rings. The first-order valence-corrected chi connectivity index (χ1v) is 8.28. The largest absolute Gasteiger partial charge is 0.459 e. The fourth-order valence-electron chi connectivity index (χ4n) is 3.37. The van der Waals surface area contributed by atoms with Crippen LogP contribution in [-0.4, -0.2) is 24.3 Å². The van der Waals surface area contributed by atoms with E-state index in [0.29, 0.717) is 22.3 Å². The normalized spacial score (nSPS) is 24.1. The summed E-state index contributed by atoms with van der Waals surface area (Å²) < 4.78 is 12.3. The molecular formula is C16H20BrNO3. The molecule has 1 atom stereocenters. The zero-order valence-electron chi connectivity index (χ0n) is 11.9. The van der Waals surface area contributed by atoms with Crippen molar-refractivity contribution in [2.45, 2.75) is 50.2 Å². The van der Waals surface area contributed by atoms with E-state index in [0.717, 1.165) is 25.7 Å². The third-order valence-electron chi connectivity index (χ3n) is 4.48. The first-order chi connectivity index (χ1) is 10.1. The Morgan fingerprint density at radius 2 is 2.14 bits per heavy atom. The molecular weight excluding hydrogens is 334 g/mol. The second kappa shape index (κ2) is 5.97. The van der Waals surface area contributed by atoms with Crippen LogP contribution in [-0.2, 0) is 9.47 Å². The number of carbonyl (C=O) groups is 1. The quantitative estimate of drug-likeness (QED) is 0.650. The van der Waals surface area contributed by atoms with Gasteiger partial charge in [0.1, 0.15) is 6.10 Å². The highest BCUT2D eigenvalue weighted by atomic mass is 79.9. The third kappa shape index (κ3) is 3.09. The highest BCUT2D eigenvalue weighted by molar-refractivity contribution is 9.10. The van der Waals surface area contributed by atoms with E-state index in [9.17, 15) is 4.79 Å². The molecule has 5 heteroatoms. The molecule has 0 radical (unpaired) electrons. The molecule has 1 unspecified atom stereocenters. The first kappa shape index (κ1) is 14.9. The van der Waals surface area contributed by atoms with Gasteiger partial charge in [-0.25, -0.2) is 4.79 Å².